The molecule has 1 aromatic rings. The number of likely N-dealkylation sites (N-methyl/N-ethyl adjacent to an activating group) is 1. The average molecular weight is 840 g/mol. The van der Waals surface area contributed by atoms with E-state index in [0.29, 0.717) is 30.8 Å². The van der Waals surface area contributed by atoms with Crippen molar-refractivity contribution in [1.29, 1.82) is 0 Å². The molecule has 0 aromatic heterocycles. The van der Waals surface area contributed by atoms with Crippen LogP contribution in [0.3, 0.4) is 0 Å². The molecule has 4 rings (SSSR count). The van der Waals surface area contributed by atoms with Gasteiger partial charge in [-0.25, -0.2) is 0 Å². The lowest BCUT2D eigenvalue weighted by atomic mass is 9.55. The maximum Gasteiger partial charge on any atom is 0.435 e. The van der Waals surface area contributed by atoms with E-state index < -0.39 is 37.2 Å². The summed E-state index contributed by atoms with van der Waals surface area (Å²) in [5, 5.41) is 8.90. The molecule has 0 spiro atoms. The lowest BCUT2D eigenvalue weighted by molar-refractivity contribution is -0.457. The smallest absolute Gasteiger partial charge is 0.435 e. The Labute approximate surface area is 327 Å². The van der Waals surface area contributed by atoms with E-state index in [1.54, 1.807) is 0 Å². The fraction of sp³-hybridized carbons (Fsp3) is 0.846. The van der Waals surface area contributed by atoms with Crippen molar-refractivity contribution < 1.29 is 58.8 Å². The van der Waals surface area contributed by atoms with E-state index in [1.165, 1.54) is 17.5 Å². The maximum absolute atomic E-state index is 13.2. The van der Waals surface area contributed by atoms with Gasteiger partial charge in [-0.3, -0.25) is 0 Å². The van der Waals surface area contributed by atoms with Gasteiger partial charge in [0.25, 0.3) is 0 Å². The standard InChI is InChI=1S/C39H58F9NO4S2/c1-34(2,55-54-25-8-6-5-7-21-50)18-19-49(4)20-24-51-28-11-13-29-27(26-28)10-12-31-30(29)16-17-35(3)32(31)14-15-33(35)52-22-9-23-53-36(37(40,41)42,38(43,44)45)39(46,47)48/h11,13,26,30-33,50H,5-10,12,14-25H2,1-4H3/t30?,31?,32?,33-,35-/m0/s1. The SMILES string of the molecule is CN(CCOc1ccc2c(c1)CCC1C2CC[C@@]2(C)C1CC[C@@H]2OCCCOC(C(F)(F)F)(C(F)(F)F)C(F)(F)F)CCC(C)(C)SSCCCCCCO. The number of hydrogen-bond acceptors (Lipinski definition) is 7. The Morgan fingerprint density at radius 1 is 0.836 bits per heavy atom. The van der Waals surface area contributed by atoms with Gasteiger partial charge < -0.3 is 24.2 Å². The zero-order valence-corrected chi connectivity index (χ0v) is 33.9. The predicted octanol–water partition coefficient (Wildman–Crippen LogP) is 11.2. The van der Waals surface area contributed by atoms with Crippen LogP contribution in [0.4, 0.5) is 39.5 Å². The molecular formula is C39H58F9NO4S2. The van der Waals surface area contributed by atoms with Crippen molar-refractivity contribution in [3.63, 3.8) is 0 Å². The van der Waals surface area contributed by atoms with Crippen molar-refractivity contribution in [3.05, 3.63) is 29.3 Å². The maximum atomic E-state index is 13.2. The molecule has 0 amide bonds. The first-order chi connectivity index (χ1) is 25.7. The quantitative estimate of drug-likeness (QED) is 0.0752. The summed E-state index contributed by atoms with van der Waals surface area (Å²) in [6.07, 6.45) is -10.5. The van der Waals surface area contributed by atoms with Crippen LogP contribution in [0.2, 0.25) is 0 Å². The summed E-state index contributed by atoms with van der Waals surface area (Å²) in [6.45, 7) is 7.61. The molecule has 2 fully saturated rings. The van der Waals surface area contributed by atoms with Crippen LogP contribution in [-0.2, 0) is 15.9 Å². The molecule has 318 valence electrons. The molecule has 0 aliphatic heterocycles. The number of rotatable bonds is 21. The molecule has 3 unspecified atom stereocenters. The molecule has 3 aliphatic carbocycles. The van der Waals surface area contributed by atoms with E-state index in [9.17, 15) is 39.5 Å². The van der Waals surface area contributed by atoms with E-state index in [-0.39, 0.29) is 29.5 Å². The van der Waals surface area contributed by atoms with Crippen LogP contribution in [0.5, 0.6) is 5.75 Å². The van der Waals surface area contributed by atoms with Gasteiger partial charge in [0.15, 0.2) is 0 Å². The second kappa shape index (κ2) is 19.3. The molecule has 0 radical (unpaired) electrons. The zero-order valence-electron chi connectivity index (χ0n) is 32.3. The largest absolute Gasteiger partial charge is 0.492 e. The molecule has 0 heterocycles. The number of aliphatic hydroxyl groups excluding tert-OH is 1. The summed E-state index contributed by atoms with van der Waals surface area (Å²) in [7, 11) is 6.00. The number of ether oxygens (including phenoxy) is 3. The van der Waals surface area contributed by atoms with Crippen LogP contribution in [-0.4, -0.2) is 97.3 Å². The monoisotopic (exact) mass is 839 g/mol. The van der Waals surface area contributed by atoms with Crippen LogP contribution in [0.25, 0.3) is 0 Å². The normalized spacial score (nSPS) is 24.9. The van der Waals surface area contributed by atoms with E-state index in [4.69, 9.17) is 14.6 Å². The first-order valence-corrected chi connectivity index (χ1v) is 21.8. The Balaban J connectivity index is 1.21. The Morgan fingerprint density at radius 2 is 1.53 bits per heavy atom. The minimum atomic E-state index is -6.74. The van der Waals surface area contributed by atoms with Gasteiger partial charge in [-0.05, 0) is 138 Å². The van der Waals surface area contributed by atoms with Crippen molar-refractivity contribution in [2.75, 3.05) is 52.3 Å². The summed E-state index contributed by atoms with van der Waals surface area (Å²) in [4.78, 5) is 2.30. The fourth-order valence-electron chi connectivity index (χ4n) is 8.87. The summed E-state index contributed by atoms with van der Waals surface area (Å²) in [5.74, 6) is 3.05. The number of hydrogen-bond donors (Lipinski definition) is 1. The highest BCUT2D eigenvalue weighted by Crippen LogP contribution is 2.62. The number of benzene rings is 1. The van der Waals surface area contributed by atoms with Crippen molar-refractivity contribution in [1.82, 2.24) is 4.90 Å². The van der Waals surface area contributed by atoms with Gasteiger partial charge in [-0.2, -0.15) is 39.5 Å². The van der Waals surface area contributed by atoms with Gasteiger partial charge in [0, 0.05) is 30.3 Å². The second-order valence-corrected chi connectivity index (χ2v) is 19.5. The van der Waals surface area contributed by atoms with Gasteiger partial charge >= 0.3 is 24.1 Å². The molecule has 1 N–H and O–H groups in total. The Kier molecular flexibility index (Phi) is 16.4. The van der Waals surface area contributed by atoms with E-state index in [0.717, 1.165) is 82.4 Å². The molecule has 0 bridgehead atoms. The highest BCUT2D eigenvalue weighted by molar-refractivity contribution is 8.77. The van der Waals surface area contributed by atoms with Gasteiger partial charge in [-0.15, -0.1) is 0 Å². The van der Waals surface area contributed by atoms with Crippen LogP contribution in [0.1, 0.15) is 108 Å². The molecule has 5 nitrogen and oxygen atoms in total. The summed E-state index contributed by atoms with van der Waals surface area (Å²) in [5.41, 5.74) is -3.89. The fourth-order valence-corrected chi connectivity index (χ4v) is 11.6. The molecular weight excluding hydrogens is 782 g/mol. The highest BCUT2D eigenvalue weighted by atomic mass is 33.1. The summed E-state index contributed by atoms with van der Waals surface area (Å²) < 4.78 is 135. The zero-order chi connectivity index (χ0) is 40.7. The first kappa shape index (κ1) is 46.6. The van der Waals surface area contributed by atoms with Crippen LogP contribution >= 0.6 is 21.6 Å². The minimum Gasteiger partial charge on any atom is -0.492 e. The van der Waals surface area contributed by atoms with Crippen LogP contribution in [0, 0.1) is 17.3 Å². The van der Waals surface area contributed by atoms with E-state index in [2.05, 4.69) is 49.6 Å². The molecule has 55 heavy (non-hydrogen) atoms. The molecule has 2 saturated carbocycles. The third kappa shape index (κ3) is 11.4. The Hall–Kier alpha value is -1.07. The number of nitrogens with zero attached hydrogens (tertiary/aromatic N) is 1. The number of fused-ring (bicyclic) bond motifs is 5. The lowest BCUT2D eigenvalue weighted by Crippen LogP contribution is -2.67. The van der Waals surface area contributed by atoms with Gasteiger partial charge in [-0.1, -0.05) is 47.4 Å². The highest BCUT2D eigenvalue weighted by Gasteiger charge is 2.85. The van der Waals surface area contributed by atoms with Crippen molar-refractivity contribution >= 4 is 21.6 Å². The number of aliphatic hydroxyl groups is 1. The van der Waals surface area contributed by atoms with Crippen molar-refractivity contribution in [2.24, 2.45) is 17.3 Å². The van der Waals surface area contributed by atoms with Crippen molar-refractivity contribution in [2.45, 2.75) is 139 Å². The Bertz CT molecular complexity index is 1310. The predicted molar refractivity (Wildman–Crippen MR) is 200 cm³/mol. The van der Waals surface area contributed by atoms with Crippen LogP contribution in [0.15, 0.2) is 18.2 Å². The van der Waals surface area contributed by atoms with E-state index in [1.807, 2.05) is 27.7 Å². The third-order valence-electron chi connectivity index (χ3n) is 12.0. The summed E-state index contributed by atoms with van der Waals surface area (Å²) in [6, 6.07) is 6.39. The molecule has 5 atom stereocenters. The number of aryl methyl sites for hydroxylation is 1. The van der Waals surface area contributed by atoms with Gasteiger partial charge in [0.05, 0.1) is 12.7 Å². The van der Waals surface area contributed by atoms with Gasteiger partial charge in [0.2, 0.25) is 0 Å². The molecule has 1 aromatic carbocycles. The second-order valence-electron chi connectivity index (χ2n) is 16.3. The van der Waals surface area contributed by atoms with Crippen LogP contribution < -0.4 is 4.74 Å². The third-order valence-corrected chi connectivity index (χ3v) is 15.4. The number of halogens is 9. The first-order valence-electron chi connectivity index (χ1n) is 19.5. The summed E-state index contributed by atoms with van der Waals surface area (Å²) >= 11 is 0. The van der Waals surface area contributed by atoms with Gasteiger partial charge in [0.1, 0.15) is 12.4 Å². The number of unbranched alkanes of at least 4 members (excludes halogenated alkanes) is 3. The molecule has 3 aliphatic rings. The molecule has 16 heteroatoms. The Morgan fingerprint density at radius 3 is 2.20 bits per heavy atom. The molecule has 0 saturated heterocycles. The topological polar surface area (TPSA) is 51.2 Å². The minimum absolute atomic E-state index is 0.168. The van der Waals surface area contributed by atoms with Crippen molar-refractivity contribution in [3.8, 4) is 5.75 Å². The average Bonchev–Trinajstić information content (AvgIpc) is 3.42. The lowest BCUT2D eigenvalue weighted by Gasteiger charge is -2.50. The van der Waals surface area contributed by atoms with E-state index >= 15 is 0 Å². The number of alkyl halides is 9.